The first-order chi connectivity index (χ1) is 7.76. The lowest BCUT2D eigenvalue weighted by atomic mass is 10.1. The molecule has 16 heavy (non-hydrogen) atoms. The Morgan fingerprint density at radius 2 is 1.88 bits per heavy atom. The van der Waals surface area contributed by atoms with E-state index in [0.717, 1.165) is 25.1 Å². The number of nitrogens with one attached hydrogen (secondary N) is 2. The maximum absolute atomic E-state index is 11.3. The van der Waals surface area contributed by atoms with Crippen LogP contribution in [0.1, 0.15) is 25.8 Å². The summed E-state index contributed by atoms with van der Waals surface area (Å²) < 4.78 is 0. The largest absolute Gasteiger partial charge is 0.376 e. The lowest BCUT2D eigenvalue weighted by Crippen LogP contribution is -2.30. The molecule has 2 N–H and O–H groups in total. The van der Waals surface area contributed by atoms with Crippen molar-refractivity contribution in [3.8, 4) is 0 Å². The van der Waals surface area contributed by atoms with Gasteiger partial charge >= 0.3 is 0 Å². The van der Waals surface area contributed by atoms with Gasteiger partial charge in [0.05, 0.1) is 6.54 Å². The first-order valence-corrected chi connectivity index (χ1v) is 5.85. The van der Waals surface area contributed by atoms with Crippen molar-refractivity contribution >= 4 is 11.6 Å². The average molecular weight is 220 g/mol. The predicted molar refractivity (Wildman–Crippen MR) is 67.6 cm³/mol. The Bertz CT molecular complexity index is 319. The molecule has 0 radical (unpaired) electrons. The summed E-state index contributed by atoms with van der Waals surface area (Å²) in [5.41, 5.74) is 2.30. The van der Waals surface area contributed by atoms with Crippen LogP contribution in [0.15, 0.2) is 24.3 Å². The average Bonchev–Trinajstić information content (AvgIpc) is 2.34. The lowest BCUT2D eigenvalue weighted by Gasteiger charge is -2.07. The number of hydrogen-bond donors (Lipinski definition) is 2. The standard InChI is InChI=1S/C13H20N2O/c1-3-9-14-13(16)10-15-12-7-5-11(4-2)6-8-12/h5-8,15H,3-4,9-10H2,1-2H3,(H,14,16). The third-order valence-corrected chi connectivity index (χ3v) is 2.39. The van der Waals surface area contributed by atoms with E-state index in [1.54, 1.807) is 0 Å². The fourth-order valence-corrected chi connectivity index (χ4v) is 1.37. The van der Waals surface area contributed by atoms with Crippen LogP contribution in [0.3, 0.4) is 0 Å². The normalized spacial score (nSPS) is 9.88. The van der Waals surface area contributed by atoms with Gasteiger partial charge < -0.3 is 10.6 Å². The maximum Gasteiger partial charge on any atom is 0.239 e. The summed E-state index contributed by atoms with van der Waals surface area (Å²) in [4.78, 5) is 11.3. The van der Waals surface area contributed by atoms with Gasteiger partial charge in [-0.3, -0.25) is 4.79 Å². The third-order valence-electron chi connectivity index (χ3n) is 2.39. The van der Waals surface area contributed by atoms with E-state index in [1.807, 2.05) is 19.1 Å². The second-order valence-electron chi connectivity index (χ2n) is 3.75. The number of carbonyl (C=O) groups excluding carboxylic acids is 1. The Morgan fingerprint density at radius 1 is 1.19 bits per heavy atom. The summed E-state index contributed by atoms with van der Waals surface area (Å²) >= 11 is 0. The van der Waals surface area contributed by atoms with E-state index < -0.39 is 0 Å². The van der Waals surface area contributed by atoms with Crippen LogP contribution >= 0.6 is 0 Å². The summed E-state index contributed by atoms with van der Waals surface area (Å²) in [6.07, 6.45) is 2.01. The highest BCUT2D eigenvalue weighted by atomic mass is 16.1. The van der Waals surface area contributed by atoms with E-state index in [4.69, 9.17) is 0 Å². The van der Waals surface area contributed by atoms with Gasteiger partial charge in [0.1, 0.15) is 0 Å². The van der Waals surface area contributed by atoms with Gasteiger partial charge in [-0.1, -0.05) is 26.0 Å². The van der Waals surface area contributed by atoms with Crippen LogP contribution in [0.2, 0.25) is 0 Å². The zero-order valence-electron chi connectivity index (χ0n) is 10.0. The number of carbonyl (C=O) groups is 1. The molecular weight excluding hydrogens is 200 g/mol. The Morgan fingerprint density at radius 3 is 2.44 bits per heavy atom. The van der Waals surface area contributed by atoms with E-state index in [9.17, 15) is 4.79 Å². The minimum Gasteiger partial charge on any atom is -0.376 e. The monoisotopic (exact) mass is 220 g/mol. The van der Waals surface area contributed by atoms with E-state index in [-0.39, 0.29) is 5.91 Å². The summed E-state index contributed by atoms with van der Waals surface area (Å²) in [6.45, 7) is 5.25. The molecule has 1 aromatic carbocycles. The van der Waals surface area contributed by atoms with Crippen LogP contribution in [0.5, 0.6) is 0 Å². The molecule has 88 valence electrons. The van der Waals surface area contributed by atoms with Gasteiger partial charge in [0.2, 0.25) is 5.91 Å². The summed E-state index contributed by atoms with van der Waals surface area (Å²) in [7, 11) is 0. The van der Waals surface area contributed by atoms with Crippen molar-refractivity contribution in [3.05, 3.63) is 29.8 Å². The quantitative estimate of drug-likeness (QED) is 0.771. The minimum absolute atomic E-state index is 0.0430. The van der Waals surface area contributed by atoms with E-state index in [0.29, 0.717) is 6.54 Å². The smallest absolute Gasteiger partial charge is 0.239 e. The van der Waals surface area contributed by atoms with Gasteiger partial charge in [0.25, 0.3) is 0 Å². The molecule has 3 heteroatoms. The highest BCUT2D eigenvalue weighted by Gasteiger charge is 1.99. The number of rotatable bonds is 6. The Kier molecular flexibility index (Phi) is 5.40. The molecule has 0 saturated carbocycles. The molecule has 1 aromatic rings. The molecule has 0 aromatic heterocycles. The molecule has 0 aliphatic heterocycles. The molecule has 3 nitrogen and oxygen atoms in total. The highest BCUT2D eigenvalue weighted by molar-refractivity contribution is 5.80. The predicted octanol–water partition coefficient (Wildman–Crippen LogP) is 2.19. The third kappa shape index (κ3) is 4.34. The second-order valence-corrected chi connectivity index (χ2v) is 3.75. The van der Waals surface area contributed by atoms with Gasteiger partial charge in [-0.15, -0.1) is 0 Å². The molecule has 0 atom stereocenters. The van der Waals surface area contributed by atoms with Crippen molar-refractivity contribution in [2.24, 2.45) is 0 Å². The van der Waals surface area contributed by atoms with Crippen LogP contribution < -0.4 is 10.6 Å². The summed E-state index contributed by atoms with van der Waals surface area (Å²) in [5.74, 6) is 0.0430. The topological polar surface area (TPSA) is 41.1 Å². The number of aryl methyl sites for hydroxylation is 1. The fourth-order valence-electron chi connectivity index (χ4n) is 1.37. The van der Waals surface area contributed by atoms with Gasteiger partial charge in [-0.05, 0) is 30.5 Å². The molecule has 0 spiro atoms. The lowest BCUT2D eigenvalue weighted by molar-refractivity contribution is -0.119. The second kappa shape index (κ2) is 6.88. The first kappa shape index (κ1) is 12.6. The fraction of sp³-hybridized carbons (Fsp3) is 0.462. The zero-order valence-corrected chi connectivity index (χ0v) is 10.0. The summed E-state index contributed by atoms with van der Waals surface area (Å²) in [5, 5.41) is 5.92. The summed E-state index contributed by atoms with van der Waals surface area (Å²) in [6, 6.07) is 8.16. The van der Waals surface area contributed by atoms with Gasteiger partial charge in [0, 0.05) is 12.2 Å². The molecule has 1 amide bonds. The molecule has 0 aliphatic carbocycles. The van der Waals surface area contributed by atoms with E-state index >= 15 is 0 Å². The molecule has 1 rings (SSSR count). The van der Waals surface area contributed by atoms with E-state index in [2.05, 4.69) is 29.7 Å². The Hall–Kier alpha value is -1.51. The maximum atomic E-state index is 11.3. The number of hydrogen-bond acceptors (Lipinski definition) is 2. The molecule has 0 saturated heterocycles. The van der Waals surface area contributed by atoms with E-state index in [1.165, 1.54) is 5.56 Å². The molecule has 0 aliphatic rings. The van der Waals surface area contributed by atoms with Gasteiger partial charge in [0.15, 0.2) is 0 Å². The van der Waals surface area contributed by atoms with Crippen molar-refractivity contribution in [3.63, 3.8) is 0 Å². The zero-order chi connectivity index (χ0) is 11.8. The molecule has 0 heterocycles. The van der Waals surface area contributed by atoms with Crippen molar-refractivity contribution in [2.75, 3.05) is 18.4 Å². The molecule has 0 bridgehead atoms. The van der Waals surface area contributed by atoms with Crippen LogP contribution in [0, 0.1) is 0 Å². The van der Waals surface area contributed by atoms with Crippen LogP contribution in [-0.4, -0.2) is 19.0 Å². The molecule has 0 fully saturated rings. The Labute approximate surface area is 97.2 Å². The highest BCUT2D eigenvalue weighted by Crippen LogP contribution is 2.09. The first-order valence-electron chi connectivity index (χ1n) is 5.85. The van der Waals surface area contributed by atoms with Crippen molar-refractivity contribution in [1.29, 1.82) is 0 Å². The molecule has 0 unspecified atom stereocenters. The van der Waals surface area contributed by atoms with Crippen LogP contribution in [0.25, 0.3) is 0 Å². The van der Waals surface area contributed by atoms with Crippen LogP contribution in [0.4, 0.5) is 5.69 Å². The SMILES string of the molecule is CCCNC(=O)CNc1ccc(CC)cc1. The van der Waals surface area contributed by atoms with Gasteiger partial charge in [-0.25, -0.2) is 0 Å². The van der Waals surface area contributed by atoms with Crippen LogP contribution in [-0.2, 0) is 11.2 Å². The number of amides is 1. The molecular formula is C13H20N2O. The van der Waals surface area contributed by atoms with Gasteiger partial charge in [-0.2, -0.15) is 0 Å². The number of anilines is 1. The number of benzene rings is 1. The minimum atomic E-state index is 0.0430. The van der Waals surface area contributed by atoms with Crippen molar-refractivity contribution in [2.45, 2.75) is 26.7 Å². The Balaban J connectivity index is 2.33. The van der Waals surface area contributed by atoms with Crippen molar-refractivity contribution in [1.82, 2.24) is 5.32 Å². The van der Waals surface area contributed by atoms with Crippen molar-refractivity contribution < 1.29 is 4.79 Å².